The molecule has 0 fully saturated rings. The number of aromatic amines is 1. The topological polar surface area (TPSA) is 114 Å². The Morgan fingerprint density at radius 1 is 1.17 bits per heavy atom. The third-order valence-corrected chi connectivity index (χ3v) is 6.25. The molecule has 0 atom stereocenters. The van der Waals surface area contributed by atoms with Crippen LogP contribution in [0.15, 0.2) is 30.5 Å². The monoisotopic (exact) mass is 411 g/mol. The van der Waals surface area contributed by atoms with Gasteiger partial charge in [-0.2, -0.15) is 0 Å². The summed E-state index contributed by atoms with van der Waals surface area (Å²) in [7, 11) is 0. The number of para-hydroxylation sites is 1. The Morgan fingerprint density at radius 2 is 1.97 bits per heavy atom. The van der Waals surface area contributed by atoms with Crippen LogP contribution in [0.2, 0.25) is 0 Å². The third-order valence-electron chi connectivity index (χ3n) is 5.04. The van der Waals surface area contributed by atoms with Gasteiger partial charge in [0.25, 0.3) is 11.8 Å². The maximum Gasteiger partial charge on any atom is 0.310 e. The first-order valence-electron chi connectivity index (χ1n) is 9.47. The van der Waals surface area contributed by atoms with Gasteiger partial charge in [0.1, 0.15) is 5.00 Å². The lowest BCUT2D eigenvalue weighted by Crippen LogP contribution is -2.23. The first-order valence-corrected chi connectivity index (χ1v) is 10.3. The van der Waals surface area contributed by atoms with Gasteiger partial charge in [0.05, 0.1) is 12.0 Å². The van der Waals surface area contributed by atoms with Crippen LogP contribution in [0.25, 0.3) is 10.9 Å². The molecule has 0 aliphatic heterocycles. The van der Waals surface area contributed by atoms with Gasteiger partial charge in [-0.1, -0.05) is 18.2 Å². The number of primary amides is 1. The Kier molecular flexibility index (Phi) is 5.35. The van der Waals surface area contributed by atoms with E-state index >= 15 is 0 Å². The summed E-state index contributed by atoms with van der Waals surface area (Å²) in [5.74, 6) is -1.53. The molecule has 0 bridgehead atoms. The molecule has 0 spiro atoms. The van der Waals surface area contributed by atoms with E-state index in [0.717, 1.165) is 52.6 Å². The van der Waals surface area contributed by atoms with Crippen LogP contribution in [0.5, 0.6) is 0 Å². The minimum Gasteiger partial charge on any atom is -0.455 e. The zero-order valence-electron chi connectivity index (χ0n) is 15.7. The van der Waals surface area contributed by atoms with Crippen molar-refractivity contribution in [1.29, 1.82) is 0 Å². The number of nitrogens with two attached hydrogens (primary N) is 1. The molecule has 4 N–H and O–H groups in total. The minimum atomic E-state index is -0.545. The van der Waals surface area contributed by atoms with Crippen molar-refractivity contribution in [3.63, 3.8) is 0 Å². The number of esters is 1. The number of rotatable bonds is 6. The lowest BCUT2D eigenvalue weighted by Gasteiger charge is -2.11. The summed E-state index contributed by atoms with van der Waals surface area (Å²) in [4.78, 5) is 40.5. The lowest BCUT2D eigenvalue weighted by atomic mass is 9.95. The van der Waals surface area contributed by atoms with Crippen LogP contribution < -0.4 is 11.1 Å². The van der Waals surface area contributed by atoms with Crippen LogP contribution in [0, 0.1) is 0 Å². The molecule has 2 aromatic heterocycles. The van der Waals surface area contributed by atoms with Gasteiger partial charge in [-0.05, 0) is 42.9 Å². The summed E-state index contributed by atoms with van der Waals surface area (Å²) >= 11 is 1.38. The van der Waals surface area contributed by atoms with Crippen molar-refractivity contribution in [3.05, 3.63) is 52.0 Å². The fourth-order valence-electron chi connectivity index (χ4n) is 3.71. The van der Waals surface area contributed by atoms with Crippen LogP contribution in [0.3, 0.4) is 0 Å². The molecule has 2 amide bonds. The van der Waals surface area contributed by atoms with Crippen molar-refractivity contribution in [1.82, 2.24) is 4.98 Å². The Bertz CT molecular complexity index is 1100. The van der Waals surface area contributed by atoms with E-state index < -0.39 is 24.4 Å². The molecule has 3 aromatic rings. The number of aryl methyl sites for hydroxylation is 1. The minimum absolute atomic E-state index is 0.0666. The number of ether oxygens (including phenoxy) is 1. The predicted octanol–water partition coefficient (Wildman–Crippen LogP) is 2.93. The SMILES string of the molecule is NC(=O)c1c(NC(=O)COC(=O)Cc2c[nH]c3ccccc23)sc2c1CCCC2. The van der Waals surface area contributed by atoms with E-state index in [4.69, 9.17) is 10.5 Å². The molecular formula is C21H21N3O4S. The highest BCUT2D eigenvalue weighted by molar-refractivity contribution is 7.17. The van der Waals surface area contributed by atoms with Crippen LogP contribution in [0.4, 0.5) is 5.00 Å². The first kappa shape index (κ1) is 19.2. The van der Waals surface area contributed by atoms with Gasteiger partial charge in [0.15, 0.2) is 6.61 Å². The predicted molar refractivity (Wildman–Crippen MR) is 111 cm³/mol. The van der Waals surface area contributed by atoms with E-state index in [-0.39, 0.29) is 6.42 Å². The van der Waals surface area contributed by atoms with Crippen LogP contribution in [-0.4, -0.2) is 29.4 Å². The molecule has 0 saturated carbocycles. The third kappa shape index (κ3) is 4.02. The number of amides is 2. The van der Waals surface area contributed by atoms with Crippen LogP contribution >= 0.6 is 11.3 Å². The summed E-state index contributed by atoms with van der Waals surface area (Å²) in [6.45, 7) is -0.415. The number of aromatic nitrogens is 1. The van der Waals surface area contributed by atoms with Crippen molar-refractivity contribution in [3.8, 4) is 0 Å². The summed E-state index contributed by atoms with van der Waals surface area (Å²) < 4.78 is 5.12. The van der Waals surface area contributed by atoms with Crippen molar-refractivity contribution in [2.45, 2.75) is 32.1 Å². The molecule has 1 aliphatic rings. The van der Waals surface area contributed by atoms with Crippen molar-refractivity contribution in [2.75, 3.05) is 11.9 Å². The van der Waals surface area contributed by atoms with Crippen LogP contribution in [-0.2, 0) is 33.6 Å². The largest absolute Gasteiger partial charge is 0.455 e. The van der Waals surface area contributed by atoms with Gasteiger partial charge in [-0.25, -0.2) is 0 Å². The number of thiophene rings is 1. The second-order valence-corrected chi connectivity index (χ2v) is 8.13. The van der Waals surface area contributed by atoms with E-state index in [9.17, 15) is 14.4 Å². The molecule has 7 nitrogen and oxygen atoms in total. The molecular weight excluding hydrogens is 390 g/mol. The zero-order valence-corrected chi connectivity index (χ0v) is 16.6. The quantitative estimate of drug-likeness (QED) is 0.541. The van der Waals surface area contributed by atoms with Gasteiger partial charge in [-0.15, -0.1) is 11.3 Å². The Balaban J connectivity index is 1.37. The van der Waals surface area contributed by atoms with Gasteiger partial charge in [-0.3, -0.25) is 14.4 Å². The standard InChI is InChI=1S/C21H21N3O4S/c22-20(27)19-14-6-2-4-8-16(14)29-21(19)24-17(25)11-28-18(26)9-12-10-23-15-7-3-1-5-13(12)15/h1,3,5,7,10,23H,2,4,6,8-9,11H2,(H2,22,27)(H,24,25). The van der Waals surface area contributed by atoms with Gasteiger partial charge >= 0.3 is 5.97 Å². The van der Waals surface area contributed by atoms with Gasteiger partial charge < -0.3 is 20.8 Å². The maximum absolute atomic E-state index is 12.3. The van der Waals surface area contributed by atoms with E-state index in [1.54, 1.807) is 6.20 Å². The number of carbonyl (C=O) groups is 3. The lowest BCUT2D eigenvalue weighted by molar-refractivity contribution is -0.146. The molecule has 8 heteroatoms. The van der Waals surface area contributed by atoms with E-state index in [1.807, 2.05) is 24.3 Å². The fraction of sp³-hybridized carbons (Fsp3) is 0.286. The molecule has 1 aromatic carbocycles. The van der Waals surface area contributed by atoms with Crippen molar-refractivity contribution < 1.29 is 19.1 Å². The average Bonchev–Trinajstić information content (AvgIpc) is 3.27. The maximum atomic E-state index is 12.3. The highest BCUT2D eigenvalue weighted by atomic mass is 32.1. The molecule has 4 rings (SSSR count). The second kappa shape index (κ2) is 8.08. The Hall–Kier alpha value is -3.13. The summed E-state index contributed by atoms with van der Waals surface area (Å²) in [5, 5.41) is 4.08. The Morgan fingerprint density at radius 3 is 2.79 bits per heavy atom. The van der Waals surface area contributed by atoms with Crippen molar-refractivity contribution in [2.24, 2.45) is 5.73 Å². The first-order chi connectivity index (χ1) is 14.0. The molecule has 150 valence electrons. The number of anilines is 1. The van der Waals surface area contributed by atoms with Crippen molar-refractivity contribution >= 4 is 45.0 Å². The number of hydrogen-bond acceptors (Lipinski definition) is 5. The summed E-state index contributed by atoms with van der Waals surface area (Å²) in [6.07, 6.45) is 5.57. The molecule has 1 aliphatic carbocycles. The molecule has 0 saturated heterocycles. The van der Waals surface area contributed by atoms with Gasteiger partial charge in [0, 0.05) is 22.0 Å². The summed E-state index contributed by atoms with van der Waals surface area (Å²) in [5.41, 5.74) is 8.62. The molecule has 2 heterocycles. The molecule has 0 unspecified atom stereocenters. The van der Waals surface area contributed by atoms with E-state index in [2.05, 4.69) is 10.3 Å². The highest BCUT2D eigenvalue weighted by Crippen LogP contribution is 2.37. The van der Waals surface area contributed by atoms with Crippen LogP contribution in [0.1, 0.15) is 39.2 Å². The smallest absolute Gasteiger partial charge is 0.310 e. The highest BCUT2D eigenvalue weighted by Gasteiger charge is 2.25. The number of carbonyl (C=O) groups excluding carboxylic acids is 3. The zero-order chi connectivity index (χ0) is 20.4. The van der Waals surface area contributed by atoms with E-state index in [1.165, 1.54) is 11.3 Å². The second-order valence-electron chi connectivity index (χ2n) is 7.02. The molecule has 0 radical (unpaired) electrons. The Labute approximate surface area is 171 Å². The molecule has 29 heavy (non-hydrogen) atoms. The number of nitrogens with one attached hydrogen (secondary N) is 2. The average molecular weight is 411 g/mol. The number of fused-ring (bicyclic) bond motifs is 2. The number of hydrogen-bond donors (Lipinski definition) is 3. The number of H-pyrrole nitrogens is 1. The van der Waals surface area contributed by atoms with E-state index in [0.29, 0.717) is 10.6 Å². The fourth-order valence-corrected chi connectivity index (χ4v) is 5.02. The van der Waals surface area contributed by atoms with Gasteiger partial charge in [0.2, 0.25) is 0 Å². The normalized spacial score (nSPS) is 13.1. The summed E-state index contributed by atoms with van der Waals surface area (Å²) in [6, 6.07) is 7.66. The number of benzene rings is 1.